The fourth-order valence-corrected chi connectivity index (χ4v) is 2.34. The van der Waals surface area contributed by atoms with E-state index in [1.807, 2.05) is 12.3 Å². The second kappa shape index (κ2) is 7.53. The summed E-state index contributed by atoms with van der Waals surface area (Å²) in [5.41, 5.74) is 2.36. The van der Waals surface area contributed by atoms with Crippen molar-refractivity contribution in [2.24, 2.45) is 0 Å². The number of rotatable bonds is 7. The highest BCUT2D eigenvalue weighted by Crippen LogP contribution is 2.17. The molecule has 0 saturated heterocycles. The predicted molar refractivity (Wildman–Crippen MR) is 89.2 cm³/mol. The average Bonchev–Trinajstić information content (AvgIpc) is 2.52. The minimum absolute atomic E-state index is 0.0381. The van der Waals surface area contributed by atoms with Crippen LogP contribution in [0.2, 0.25) is 0 Å². The number of nitrogens with zero attached hydrogens (tertiary/aromatic N) is 2. The van der Waals surface area contributed by atoms with Crippen LogP contribution in [0.15, 0.2) is 53.5 Å². The van der Waals surface area contributed by atoms with Crippen molar-refractivity contribution in [2.75, 3.05) is 29.9 Å². The van der Waals surface area contributed by atoms with Gasteiger partial charge in [0.05, 0.1) is 0 Å². The van der Waals surface area contributed by atoms with Crippen LogP contribution in [-0.2, 0) is 6.54 Å². The standard InChI is InChI=1S/C17H23N3O/c1-3-19(4-2)16-10-8-15(9-11-16)18-12-14-20-13-6-5-7-17(20)21/h5-11,13,18H,3-4,12,14H2,1-2H3. The van der Waals surface area contributed by atoms with E-state index >= 15 is 0 Å². The lowest BCUT2D eigenvalue weighted by Crippen LogP contribution is -2.22. The van der Waals surface area contributed by atoms with Crippen LogP contribution in [0.25, 0.3) is 0 Å². The molecule has 21 heavy (non-hydrogen) atoms. The number of nitrogens with one attached hydrogen (secondary N) is 1. The van der Waals surface area contributed by atoms with E-state index < -0.39 is 0 Å². The van der Waals surface area contributed by atoms with Crippen LogP contribution in [0.4, 0.5) is 11.4 Å². The first-order valence-electron chi connectivity index (χ1n) is 7.49. The van der Waals surface area contributed by atoms with Gasteiger partial charge in [0.15, 0.2) is 0 Å². The molecule has 1 aromatic carbocycles. The van der Waals surface area contributed by atoms with E-state index in [0.29, 0.717) is 6.54 Å². The second-order valence-corrected chi connectivity index (χ2v) is 4.88. The van der Waals surface area contributed by atoms with Crippen LogP contribution < -0.4 is 15.8 Å². The number of hydrogen-bond acceptors (Lipinski definition) is 3. The quantitative estimate of drug-likeness (QED) is 0.850. The zero-order valence-corrected chi connectivity index (χ0v) is 12.7. The van der Waals surface area contributed by atoms with E-state index in [2.05, 4.69) is 48.3 Å². The zero-order chi connectivity index (χ0) is 15.1. The van der Waals surface area contributed by atoms with Crippen molar-refractivity contribution in [3.63, 3.8) is 0 Å². The van der Waals surface area contributed by atoms with Gasteiger partial charge in [-0.05, 0) is 44.2 Å². The molecule has 0 unspecified atom stereocenters. The fourth-order valence-electron chi connectivity index (χ4n) is 2.34. The van der Waals surface area contributed by atoms with Gasteiger partial charge in [-0.15, -0.1) is 0 Å². The van der Waals surface area contributed by atoms with Crippen LogP contribution in [0.3, 0.4) is 0 Å². The van der Waals surface area contributed by atoms with Gasteiger partial charge in [0.2, 0.25) is 0 Å². The monoisotopic (exact) mass is 285 g/mol. The highest BCUT2D eigenvalue weighted by molar-refractivity contribution is 5.54. The van der Waals surface area contributed by atoms with E-state index in [0.717, 1.165) is 25.3 Å². The van der Waals surface area contributed by atoms with E-state index in [1.165, 1.54) is 5.69 Å². The van der Waals surface area contributed by atoms with Crippen LogP contribution in [0, 0.1) is 0 Å². The first kappa shape index (κ1) is 15.2. The Kier molecular flexibility index (Phi) is 5.43. The lowest BCUT2D eigenvalue weighted by molar-refractivity contribution is 0.697. The molecule has 0 bridgehead atoms. The summed E-state index contributed by atoms with van der Waals surface area (Å²) in [4.78, 5) is 13.9. The maximum Gasteiger partial charge on any atom is 0.250 e. The molecule has 0 aliphatic carbocycles. The summed E-state index contributed by atoms with van der Waals surface area (Å²) < 4.78 is 1.71. The van der Waals surface area contributed by atoms with Gasteiger partial charge in [-0.1, -0.05) is 6.07 Å². The molecule has 0 aliphatic heterocycles. The molecule has 0 saturated carbocycles. The van der Waals surface area contributed by atoms with Gasteiger partial charge in [0.1, 0.15) is 0 Å². The molecule has 2 rings (SSSR count). The van der Waals surface area contributed by atoms with Gasteiger partial charge >= 0.3 is 0 Å². The summed E-state index contributed by atoms with van der Waals surface area (Å²) in [6.07, 6.45) is 1.81. The molecular formula is C17H23N3O. The number of benzene rings is 1. The summed E-state index contributed by atoms with van der Waals surface area (Å²) in [6.45, 7) is 7.74. The Hall–Kier alpha value is -2.23. The normalized spacial score (nSPS) is 10.4. The summed E-state index contributed by atoms with van der Waals surface area (Å²) in [5.74, 6) is 0. The van der Waals surface area contributed by atoms with Gasteiger partial charge < -0.3 is 14.8 Å². The first-order chi connectivity index (χ1) is 10.2. The highest BCUT2D eigenvalue weighted by atomic mass is 16.1. The topological polar surface area (TPSA) is 37.3 Å². The van der Waals surface area contributed by atoms with Gasteiger partial charge in [-0.2, -0.15) is 0 Å². The van der Waals surface area contributed by atoms with Crippen molar-refractivity contribution in [1.29, 1.82) is 0 Å². The molecule has 1 heterocycles. The van der Waals surface area contributed by atoms with Crippen LogP contribution in [-0.4, -0.2) is 24.2 Å². The van der Waals surface area contributed by atoms with E-state index in [9.17, 15) is 4.79 Å². The Labute approximate surface area is 126 Å². The number of anilines is 2. The Balaban J connectivity index is 1.89. The molecule has 0 spiro atoms. The first-order valence-corrected chi connectivity index (χ1v) is 7.49. The molecular weight excluding hydrogens is 262 g/mol. The summed E-state index contributed by atoms with van der Waals surface area (Å²) in [5, 5.41) is 3.34. The summed E-state index contributed by atoms with van der Waals surface area (Å²) in [6, 6.07) is 13.6. The Bertz CT molecular complexity index is 600. The van der Waals surface area contributed by atoms with Gasteiger partial charge in [-0.3, -0.25) is 4.79 Å². The van der Waals surface area contributed by atoms with Crippen molar-refractivity contribution < 1.29 is 0 Å². The highest BCUT2D eigenvalue weighted by Gasteiger charge is 2.01. The maximum absolute atomic E-state index is 11.6. The van der Waals surface area contributed by atoms with E-state index in [4.69, 9.17) is 0 Å². The van der Waals surface area contributed by atoms with Gasteiger partial charge in [0.25, 0.3) is 5.56 Å². The van der Waals surface area contributed by atoms with Crippen LogP contribution >= 0.6 is 0 Å². The lowest BCUT2D eigenvalue weighted by Gasteiger charge is -2.21. The van der Waals surface area contributed by atoms with Crippen molar-refractivity contribution in [3.05, 3.63) is 59.0 Å². The number of hydrogen-bond donors (Lipinski definition) is 1. The smallest absolute Gasteiger partial charge is 0.250 e. The largest absolute Gasteiger partial charge is 0.383 e. The SMILES string of the molecule is CCN(CC)c1ccc(NCCn2ccccc2=O)cc1. The summed E-state index contributed by atoms with van der Waals surface area (Å²) >= 11 is 0. The average molecular weight is 285 g/mol. The molecule has 0 fully saturated rings. The number of pyridine rings is 1. The predicted octanol–water partition coefficient (Wildman–Crippen LogP) is 2.81. The van der Waals surface area contributed by atoms with Gasteiger partial charge in [0, 0.05) is 49.8 Å². The molecule has 4 nitrogen and oxygen atoms in total. The third-order valence-electron chi connectivity index (χ3n) is 3.58. The lowest BCUT2D eigenvalue weighted by atomic mass is 10.2. The molecule has 4 heteroatoms. The molecule has 0 amide bonds. The molecule has 0 atom stereocenters. The second-order valence-electron chi connectivity index (χ2n) is 4.88. The molecule has 1 N–H and O–H groups in total. The Morgan fingerprint density at radius 3 is 2.38 bits per heavy atom. The number of aromatic nitrogens is 1. The molecule has 112 valence electrons. The van der Waals surface area contributed by atoms with Crippen molar-refractivity contribution >= 4 is 11.4 Å². The van der Waals surface area contributed by atoms with Crippen LogP contribution in [0.1, 0.15) is 13.8 Å². The Morgan fingerprint density at radius 2 is 1.76 bits per heavy atom. The third kappa shape index (κ3) is 4.12. The minimum atomic E-state index is 0.0381. The minimum Gasteiger partial charge on any atom is -0.383 e. The van der Waals surface area contributed by atoms with E-state index in [1.54, 1.807) is 16.7 Å². The molecule has 0 aliphatic rings. The van der Waals surface area contributed by atoms with Crippen molar-refractivity contribution in [3.8, 4) is 0 Å². The molecule has 0 radical (unpaired) electrons. The summed E-state index contributed by atoms with van der Waals surface area (Å²) in [7, 11) is 0. The van der Waals surface area contributed by atoms with Crippen molar-refractivity contribution in [1.82, 2.24) is 4.57 Å². The maximum atomic E-state index is 11.6. The molecule has 2 aromatic rings. The fraction of sp³-hybridized carbons (Fsp3) is 0.353. The van der Waals surface area contributed by atoms with Crippen LogP contribution in [0.5, 0.6) is 0 Å². The van der Waals surface area contributed by atoms with Crippen molar-refractivity contribution in [2.45, 2.75) is 20.4 Å². The Morgan fingerprint density at radius 1 is 1.05 bits per heavy atom. The van der Waals surface area contributed by atoms with Gasteiger partial charge in [-0.25, -0.2) is 0 Å². The third-order valence-corrected chi connectivity index (χ3v) is 3.58. The van der Waals surface area contributed by atoms with E-state index in [-0.39, 0.29) is 5.56 Å². The molecule has 1 aromatic heterocycles. The zero-order valence-electron chi connectivity index (χ0n) is 12.7.